The maximum Gasteiger partial charge on any atom is 0.224 e. The van der Waals surface area contributed by atoms with Crippen LogP contribution >= 0.6 is 11.6 Å². The predicted octanol–water partition coefficient (Wildman–Crippen LogP) is 4.77. The SMILES string of the molecule is CC1CN(c2cc(Oc3ccccc3F)ncn2)CCN1Cc1cccc(Cl)c1. The highest BCUT2D eigenvalue weighted by Crippen LogP contribution is 2.26. The molecular weight excluding hydrogens is 391 g/mol. The summed E-state index contributed by atoms with van der Waals surface area (Å²) in [6.45, 7) is 5.63. The van der Waals surface area contributed by atoms with E-state index in [4.69, 9.17) is 16.3 Å². The molecule has 3 aromatic rings. The second-order valence-electron chi connectivity index (χ2n) is 7.14. The van der Waals surface area contributed by atoms with Gasteiger partial charge in [-0.05, 0) is 36.8 Å². The van der Waals surface area contributed by atoms with Crippen molar-refractivity contribution in [2.24, 2.45) is 0 Å². The Morgan fingerprint density at radius 2 is 1.97 bits per heavy atom. The number of ether oxygens (including phenoxy) is 1. The van der Waals surface area contributed by atoms with E-state index in [0.717, 1.165) is 37.0 Å². The zero-order valence-electron chi connectivity index (χ0n) is 16.1. The number of hydrogen-bond acceptors (Lipinski definition) is 5. The van der Waals surface area contributed by atoms with Crippen molar-refractivity contribution >= 4 is 17.4 Å². The molecule has 4 rings (SSSR count). The summed E-state index contributed by atoms with van der Waals surface area (Å²) in [5.41, 5.74) is 1.21. The van der Waals surface area contributed by atoms with Crippen molar-refractivity contribution in [2.45, 2.75) is 19.5 Å². The summed E-state index contributed by atoms with van der Waals surface area (Å²) in [5.74, 6) is 0.836. The lowest BCUT2D eigenvalue weighted by Crippen LogP contribution is -2.51. The number of anilines is 1. The van der Waals surface area contributed by atoms with Crippen molar-refractivity contribution in [3.63, 3.8) is 0 Å². The van der Waals surface area contributed by atoms with Crippen LogP contribution < -0.4 is 9.64 Å². The molecule has 1 unspecified atom stereocenters. The Balaban J connectivity index is 1.42. The first kappa shape index (κ1) is 19.6. The predicted molar refractivity (Wildman–Crippen MR) is 112 cm³/mol. The Bertz CT molecular complexity index is 986. The summed E-state index contributed by atoms with van der Waals surface area (Å²) in [6, 6.07) is 16.4. The summed E-state index contributed by atoms with van der Waals surface area (Å²) >= 11 is 6.11. The molecule has 5 nitrogen and oxygen atoms in total. The number of para-hydroxylation sites is 1. The monoisotopic (exact) mass is 412 g/mol. The number of rotatable bonds is 5. The van der Waals surface area contributed by atoms with Crippen LogP contribution in [0.4, 0.5) is 10.2 Å². The Kier molecular flexibility index (Phi) is 5.92. The van der Waals surface area contributed by atoms with E-state index < -0.39 is 5.82 Å². The van der Waals surface area contributed by atoms with Crippen molar-refractivity contribution < 1.29 is 9.13 Å². The van der Waals surface area contributed by atoms with Crippen molar-refractivity contribution in [2.75, 3.05) is 24.5 Å². The van der Waals surface area contributed by atoms with Gasteiger partial charge in [-0.15, -0.1) is 0 Å². The smallest absolute Gasteiger partial charge is 0.224 e. The molecule has 1 aliphatic heterocycles. The van der Waals surface area contributed by atoms with Gasteiger partial charge in [0.25, 0.3) is 0 Å². The molecule has 7 heteroatoms. The average molecular weight is 413 g/mol. The van der Waals surface area contributed by atoms with Gasteiger partial charge in [-0.2, -0.15) is 0 Å². The van der Waals surface area contributed by atoms with Crippen molar-refractivity contribution in [3.8, 4) is 11.6 Å². The minimum atomic E-state index is -0.420. The van der Waals surface area contributed by atoms with Crippen molar-refractivity contribution in [3.05, 3.63) is 77.3 Å². The second-order valence-corrected chi connectivity index (χ2v) is 7.58. The molecule has 0 bridgehead atoms. The number of benzene rings is 2. The standard InChI is InChI=1S/C22H22ClFN4O/c1-16-13-28(10-9-27(16)14-17-5-4-6-18(23)11-17)21-12-22(26-15-25-21)29-20-8-3-2-7-19(20)24/h2-8,11-12,15-16H,9-10,13-14H2,1H3. The highest BCUT2D eigenvalue weighted by atomic mass is 35.5. The van der Waals surface area contributed by atoms with Crippen LogP contribution in [0.3, 0.4) is 0 Å². The highest BCUT2D eigenvalue weighted by Gasteiger charge is 2.25. The fourth-order valence-electron chi connectivity index (χ4n) is 3.51. The molecule has 0 radical (unpaired) electrons. The van der Waals surface area contributed by atoms with Crippen LogP contribution in [0.2, 0.25) is 5.02 Å². The molecule has 1 atom stereocenters. The van der Waals surface area contributed by atoms with E-state index in [1.165, 1.54) is 18.0 Å². The zero-order valence-corrected chi connectivity index (χ0v) is 16.9. The lowest BCUT2D eigenvalue weighted by molar-refractivity contribution is 0.180. The third-order valence-electron chi connectivity index (χ3n) is 5.04. The molecule has 0 amide bonds. The van der Waals surface area contributed by atoms with Crippen LogP contribution in [0.15, 0.2) is 60.9 Å². The lowest BCUT2D eigenvalue weighted by atomic mass is 10.1. The summed E-state index contributed by atoms with van der Waals surface area (Å²) in [4.78, 5) is 13.1. The van der Waals surface area contributed by atoms with E-state index in [2.05, 4.69) is 32.8 Å². The molecule has 1 fully saturated rings. The maximum absolute atomic E-state index is 13.8. The fourth-order valence-corrected chi connectivity index (χ4v) is 3.72. The fraction of sp³-hybridized carbons (Fsp3) is 0.273. The van der Waals surface area contributed by atoms with E-state index in [1.807, 2.05) is 18.2 Å². The molecule has 0 spiro atoms. The van der Waals surface area contributed by atoms with Gasteiger partial charge >= 0.3 is 0 Å². The molecule has 0 N–H and O–H groups in total. The summed E-state index contributed by atoms with van der Waals surface area (Å²) in [5, 5.41) is 0.761. The van der Waals surface area contributed by atoms with Crippen LogP contribution in [0.25, 0.3) is 0 Å². The van der Waals surface area contributed by atoms with Crippen LogP contribution in [-0.4, -0.2) is 40.5 Å². The normalized spacial score (nSPS) is 17.3. The van der Waals surface area contributed by atoms with Gasteiger partial charge in [0.1, 0.15) is 12.1 Å². The van der Waals surface area contributed by atoms with Gasteiger partial charge in [-0.3, -0.25) is 4.90 Å². The van der Waals surface area contributed by atoms with Gasteiger partial charge in [-0.25, -0.2) is 14.4 Å². The molecule has 1 saturated heterocycles. The zero-order chi connectivity index (χ0) is 20.2. The van der Waals surface area contributed by atoms with E-state index in [0.29, 0.717) is 11.9 Å². The van der Waals surface area contributed by atoms with Gasteiger partial charge < -0.3 is 9.64 Å². The minimum Gasteiger partial charge on any atom is -0.436 e. The summed E-state index contributed by atoms with van der Waals surface area (Å²) < 4.78 is 19.4. The Hall–Kier alpha value is -2.70. The number of halogens is 2. The molecule has 2 aromatic carbocycles. The number of nitrogens with zero attached hydrogens (tertiary/aromatic N) is 4. The van der Waals surface area contributed by atoms with Crippen molar-refractivity contribution in [1.29, 1.82) is 0 Å². The largest absolute Gasteiger partial charge is 0.436 e. The van der Waals surface area contributed by atoms with Crippen LogP contribution in [0.1, 0.15) is 12.5 Å². The average Bonchev–Trinajstić information content (AvgIpc) is 2.72. The van der Waals surface area contributed by atoms with Gasteiger partial charge in [0, 0.05) is 43.3 Å². The van der Waals surface area contributed by atoms with E-state index in [9.17, 15) is 4.39 Å². The van der Waals surface area contributed by atoms with Gasteiger partial charge in [0.15, 0.2) is 11.6 Å². The topological polar surface area (TPSA) is 41.5 Å². The van der Waals surface area contributed by atoms with Crippen LogP contribution in [0, 0.1) is 5.82 Å². The minimum absolute atomic E-state index is 0.150. The molecule has 150 valence electrons. The Labute approximate surface area is 174 Å². The summed E-state index contributed by atoms with van der Waals surface area (Å²) in [6.07, 6.45) is 1.45. The first-order chi connectivity index (χ1) is 14.1. The molecule has 0 saturated carbocycles. The molecule has 1 aliphatic rings. The third-order valence-corrected chi connectivity index (χ3v) is 5.28. The molecule has 29 heavy (non-hydrogen) atoms. The van der Waals surface area contributed by atoms with Gasteiger partial charge in [0.2, 0.25) is 5.88 Å². The first-order valence-electron chi connectivity index (χ1n) is 9.56. The van der Waals surface area contributed by atoms with Gasteiger partial charge in [-0.1, -0.05) is 35.9 Å². The quantitative estimate of drug-likeness (QED) is 0.603. The van der Waals surface area contributed by atoms with E-state index >= 15 is 0 Å². The van der Waals surface area contributed by atoms with Crippen LogP contribution in [0.5, 0.6) is 11.6 Å². The lowest BCUT2D eigenvalue weighted by Gasteiger charge is -2.40. The second kappa shape index (κ2) is 8.76. The van der Waals surface area contributed by atoms with Gasteiger partial charge in [0.05, 0.1) is 0 Å². The first-order valence-corrected chi connectivity index (χ1v) is 9.94. The molecule has 0 aliphatic carbocycles. The number of hydrogen-bond donors (Lipinski definition) is 0. The Morgan fingerprint density at radius 3 is 2.76 bits per heavy atom. The molecule has 2 heterocycles. The van der Waals surface area contributed by atoms with E-state index in [1.54, 1.807) is 24.3 Å². The molecular formula is C22H22ClFN4O. The third kappa shape index (κ3) is 4.83. The maximum atomic E-state index is 13.8. The number of aromatic nitrogens is 2. The summed E-state index contributed by atoms with van der Waals surface area (Å²) in [7, 11) is 0. The van der Waals surface area contributed by atoms with Crippen molar-refractivity contribution in [1.82, 2.24) is 14.9 Å². The highest BCUT2D eigenvalue weighted by molar-refractivity contribution is 6.30. The van der Waals surface area contributed by atoms with E-state index in [-0.39, 0.29) is 5.75 Å². The Morgan fingerprint density at radius 1 is 1.10 bits per heavy atom. The molecule has 1 aromatic heterocycles. The van der Waals surface area contributed by atoms with Crippen LogP contribution in [-0.2, 0) is 6.54 Å². The number of piperazine rings is 1.